The fourth-order valence-electron chi connectivity index (χ4n) is 2.31. The van der Waals surface area contributed by atoms with Crippen molar-refractivity contribution in [1.29, 1.82) is 0 Å². The summed E-state index contributed by atoms with van der Waals surface area (Å²) in [5, 5.41) is 26.3. The number of halogens is 1. The first kappa shape index (κ1) is 19.7. The molecule has 0 aromatic carbocycles. The van der Waals surface area contributed by atoms with Gasteiger partial charge in [-0.3, -0.25) is 14.4 Å². The summed E-state index contributed by atoms with van der Waals surface area (Å²) in [6, 6.07) is 0. The van der Waals surface area contributed by atoms with Crippen molar-refractivity contribution in [1.82, 2.24) is 0 Å². The van der Waals surface area contributed by atoms with Crippen molar-refractivity contribution in [2.24, 2.45) is 17.8 Å². The first-order valence-electron chi connectivity index (χ1n) is 7.09. The van der Waals surface area contributed by atoms with E-state index in [0.29, 0.717) is 0 Å². The van der Waals surface area contributed by atoms with Gasteiger partial charge < -0.3 is 15.3 Å². The van der Waals surface area contributed by atoms with Gasteiger partial charge in [0.25, 0.3) is 0 Å². The Bertz CT molecular complexity index is 353. The number of alkyl halides is 1. The molecule has 7 heteroatoms. The molecule has 6 nitrogen and oxygen atoms in total. The molecule has 3 unspecified atom stereocenters. The van der Waals surface area contributed by atoms with Crippen LogP contribution in [0.3, 0.4) is 0 Å². The molecular formula is C14H23ClO6. The van der Waals surface area contributed by atoms with E-state index in [-0.39, 0.29) is 19.3 Å². The molecule has 0 aromatic heterocycles. The number of hydrogen-bond donors (Lipinski definition) is 3. The Morgan fingerprint density at radius 3 is 1.86 bits per heavy atom. The first-order valence-corrected chi connectivity index (χ1v) is 7.62. The number of carboxylic acids is 3. The van der Waals surface area contributed by atoms with E-state index in [1.165, 1.54) is 19.3 Å². The maximum atomic E-state index is 10.8. The summed E-state index contributed by atoms with van der Waals surface area (Å²) in [6.07, 6.45) is 3.98. The van der Waals surface area contributed by atoms with Crippen LogP contribution in [0.4, 0.5) is 0 Å². The lowest BCUT2D eigenvalue weighted by atomic mass is 9.74. The van der Waals surface area contributed by atoms with Gasteiger partial charge in [-0.05, 0) is 25.7 Å². The van der Waals surface area contributed by atoms with E-state index in [9.17, 15) is 14.4 Å². The Morgan fingerprint density at radius 1 is 0.952 bits per heavy atom. The molecule has 0 radical (unpaired) electrons. The zero-order chi connectivity index (χ0) is 16.4. The second kappa shape index (κ2) is 10.4. The Morgan fingerprint density at radius 2 is 1.52 bits per heavy atom. The van der Waals surface area contributed by atoms with Crippen LogP contribution in [0.2, 0.25) is 0 Å². The molecule has 3 atom stereocenters. The summed E-state index contributed by atoms with van der Waals surface area (Å²) >= 11 is 5.38. The maximum absolute atomic E-state index is 10.8. The van der Waals surface area contributed by atoms with E-state index < -0.39 is 35.7 Å². The number of hydrogen-bond acceptors (Lipinski definition) is 3. The van der Waals surface area contributed by atoms with E-state index >= 15 is 0 Å². The number of carboxylic acid groups (broad SMARTS) is 3. The molecule has 1 aliphatic carbocycles. The highest BCUT2D eigenvalue weighted by Crippen LogP contribution is 2.34. The van der Waals surface area contributed by atoms with E-state index in [1.54, 1.807) is 0 Å². The largest absolute Gasteiger partial charge is 0.481 e. The molecule has 0 aliphatic heterocycles. The van der Waals surface area contributed by atoms with Crippen molar-refractivity contribution in [3.8, 4) is 0 Å². The number of unbranched alkanes of at least 4 members (excludes halogenated alkanes) is 2. The fourth-order valence-corrected chi connectivity index (χ4v) is 2.50. The second-order valence-electron chi connectivity index (χ2n) is 5.13. The Hall–Kier alpha value is -1.30. The molecular weight excluding hydrogens is 300 g/mol. The van der Waals surface area contributed by atoms with Crippen molar-refractivity contribution in [2.75, 3.05) is 5.88 Å². The highest BCUT2D eigenvalue weighted by molar-refractivity contribution is 6.17. The third-order valence-corrected chi connectivity index (χ3v) is 3.84. The molecule has 1 saturated carbocycles. The Balaban J connectivity index is 0.000000567. The lowest BCUT2D eigenvalue weighted by Crippen LogP contribution is -2.37. The zero-order valence-electron chi connectivity index (χ0n) is 12.1. The predicted octanol–water partition coefficient (Wildman–Crippen LogP) is 2.69. The van der Waals surface area contributed by atoms with Gasteiger partial charge in [0, 0.05) is 5.88 Å². The molecule has 1 fully saturated rings. The minimum Gasteiger partial charge on any atom is -0.481 e. The molecule has 0 amide bonds. The van der Waals surface area contributed by atoms with Gasteiger partial charge >= 0.3 is 17.9 Å². The number of carbonyl (C=O) groups is 3. The van der Waals surface area contributed by atoms with Crippen LogP contribution >= 0.6 is 11.6 Å². The van der Waals surface area contributed by atoms with Crippen molar-refractivity contribution < 1.29 is 29.7 Å². The fraction of sp³-hybridized carbons (Fsp3) is 0.786. The summed E-state index contributed by atoms with van der Waals surface area (Å²) in [6.45, 7) is 2.17. The Labute approximate surface area is 129 Å². The summed E-state index contributed by atoms with van der Waals surface area (Å²) in [7, 11) is 0. The highest BCUT2D eigenvalue weighted by Gasteiger charge is 2.41. The van der Waals surface area contributed by atoms with Crippen LogP contribution in [-0.2, 0) is 14.4 Å². The van der Waals surface area contributed by atoms with Gasteiger partial charge in [-0.1, -0.05) is 19.8 Å². The monoisotopic (exact) mass is 322 g/mol. The van der Waals surface area contributed by atoms with Crippen LogP contribution in [0.1, 0.15) is 45.4 Å². The number of rotatable bonds is 6. The van der Waals surface area contributed by atoms with E-state index in [4.69, 9.17) is 26.9 Å². The minimum absolute atomic E-state index is 0.0956. The molecule has 0 bridgehead atoms. The van der Waals surface area contributed by atoms with Crippen molar-refractivity contribution in [2.45, 2.75) is 45.4 Å². The quantitative estimate of drug-likeness (QED) is 0.512. The standard InChI is InChI=1S/C9H12O6.C5H11Cl/c10-7(11)4-1-2-5(8(12)13)6(3-4)9(14)15;1-2-3-4-5-6/h4-6H,1-3H2,(H,10,11)(H,12,13)(H,14,15);2-5H2,1H3. The van der Waals surface area contributed by atoms with Crippen molar-refractivity contribution in [3.05, 3.63) is 0 Å². The minimum atomic E-state index is -1.23. The normalized spacial score (nSPS) is 24.6. The van der Waals surface area contributed by atoms with Gasteiger partial charge in [0.1, 0.15) is 0 Å². The van der Waals surface area contributed by atoms with Gasteiger partial charge in [-0.25, -0.2) is 0 Å². The molecule has 0 aromatic rings. The lowest BCUT2D eigenvalue weighted by Gasteiger charge is -2.29. The van der Waals surface area contributed by atoms with Crippen molar-refractivity contribution >= 4 is 29.5 Å². The molecule has 0 spiro atoms. The molecule has 1 aliphatic rings. The van der Waals surface area contributed by atoms with Crippen LogP contribution in [-0.4, -0.2) is 39.1 Å². The summed E-state index contributed by atoms with van der Waals surface area (Å²) in [4.78, 5) is 32.2. The summed E-state index contributed by atoms with van der Waals surface area (Å²) in [5.74, 6) is -5.39. The van der Waals surface area contributed by atoms with Crippen LogP contribution in [0.15, 0.2) is 0 Å². The smallest absolute Gasteiger partial charge is 0.307 e. The summed E-state index contributed by atoms with van der Waals surface area (Å²) in [5.41, 5.74) is 0. The molecule has 0 heterocycles. The Kier molecular flexibility index (Phi) is 9.78. The van der Waals surface area contributed by atoms with Gasteiger partial charge in [-0.2, -0.15) is 0 Å². The van der Waals surface area contributed by atoms with Crippen molar-refractivity contribution in [3.63, 3.8) is 0 Å². The van der Waals surface area contributed by atoms with Crippen LogP contribution in [0.5, 0.6) is 0 Å². The average molecular weight is 323 g/mol. The lowest BCUT2D eigenvalue weighted by molar-refractivity contribution is -0.159. The van der Waals surface area contributed by atoms with Crippen LogP contribution < -0.4 is 0 Å². The third kappa shape index (κ3) is 7.32. The van der Waals surface area contributed by atoms with Gasteiger partial charge in [0.2, 0.25) is 0 Å². The molecule has 21 heavy (non-hydrogen) atoms. The average Bonchev–Trinajstić information content (AvgIpc) is 2.44. The maximum Gasteiger partial charge on any atom is 0.307 e. The highest BCUT2D eigenvalue weighted by atomic mass is 35.5. The predicted molar refractivity (Wildman–Crippen MR) is 77.5 cm³/mol. The zero-order valence-corrected chi connectivity index (χ0v) is 12.9. The van der Waals surface area contributed by atoms with E-state index in [1.807, 2.05) is 0 Å². The van der Waals surface area contributed by atoms with E-state index in [0.717, 1.165) is 5.88 Å². The SMILES string of the molecule is CCCCCCl.O=C(O)C1CCC(C(=O)O)C(C(=O)O)C1. The van der Waals surface area contributed by atoms with E-state index in [2.05, 4.69) is 6.92 Å². The number of aliphatic carboxylic acids is 3. The van der Waals surface area contributed by atoms with Crippen LogP contribution in [0, 0.1) is 17.8 Å². The summed E-state index contributed by atoms with van der Waals surface area (Å²) < 4.78 is 0. The molecule has 1 rings (SSSR count). The topological polar surface area (TPSA) is 112 Å². The molecule has 3 N–H and O–H groups in total. The third-order valence-electron chi connectivity index (χ3n) is 3.57. The first-order chi connectivity index (χ1) is 9.84. The van der Waals surface area contributed by atoms with Crippen LogP contribution in [0.25, 0.3) is 0 Å². The van der Waals surface area contributed by atoms with Gasteiger partial charge in [-0.15, -0.1) is 11.6 Å². The van der Waals surface area contributed by atoms with Gasteiger partial charge in [0.05, 0.1) is 17.8 Å². The molecule has 0 saturated heterocycles. The van der Waals surface area contributed by atoms with Gasteiger partial charge in [0.15, 0.2) is 0 Å². The molecule has 122 valence electrons. The second-order valence-corrected chi connectivity index (χ2v) is 5.51.